The third-order valence-corrected chi connectivity index (χ3v) is 3.06. The van der Waals surface area contributed by atoms with Gasteiger partial charge in [-0.2, -0.15) is 0 Å². The molecule has 6 heteroatoms. The molecule has 0 aromatic heterocycles. The van der Waals surface area contributed by atoms with Crippen LogP contribution in [0.3, 0.4) is 0 Å². The van der Waals surface area contributed by atoms with Crippen LogP contribution >= 0.6 is 0 Å². The van der Waals surface area contributed by atoms with E-state index in [0.717, 1.165) is 6.42 Å². The van der Waals surface area contributed by atoms with Gasteiger partial charge >= 0.3 is 0 Å². The lowest BCUT2D eigenvalue weighted by molar-refractivity contribution is -0.125. The van der Waals surface area contributed by atoms with Crippen LogP contribution in [0.5, 0.6) is 0 Å². The summed E-state index contributed by atoms with van der Waals surface area (Å²) in [6.45, 7) is 7.76. The highest BCUT2D eigenvalue weighted by Crippen LogP contribution is 1.99. The van der Waals surface area contributed by atoms with Crippen molar-refractivity contribution in [3.8, 4) is 0 Å². The van der Waals surface area contributed by atoms with E-state index in [-0.39, 0.29) is 30.9 Å². The lowest BCUT2D eigenvalue weighted by Gasteiger charge is -2.20. The molecule has 0 saturated carbocycles. The molecule has 0 aromatic rings. The van der Waals surface area contributed by atoms with Crippen LogP contribution in [0.1, 0.15) is 27.2 Å². The van der Waals surface area contributed by atoms with Crippen molar-refractivity contribution in [3.63, 3.8) is 0 Å². The molecular weight excluding hydrogens is 258 g/mol. The van der Waals surface area contributed by atoms with Crippen molar-refractivity contribution in [2.75, 3.05) is 40.4 Å². The van der Waals surface area contributed by atoms with E-state index in [2.05, 4.69) is 24.5 Å². The summed E-state index contributed by atoms with van der Waals surface area (Å²) in [5, 5.41) is 5.70. The van der Waals surface area contributed by atoms with E-state index in [1.807, 2.05) is 6.92 Å². The first-order valence-corrected chi connectivity index (χ1v) is 7.10. The number of hydrogen-bond acceptors (Lipinski definition) is 4. The molecule has 0 aliphatic heterocycles. The summed E-state index contributed by atoms with van der Waals surface area (Å²) in [5.41, 5.74) is 0. The zero-order chi connectivity index (χ0) is 15.5. The number of methoxy groups -OCH3 is 1. The fraction of sp³-hybridized carbons (Fsp3) is 0.857. The number of likely N-dealkylation sites (N-methyl/N-ethyl adjacent to an activating group) is 1. The summed E-state index contributed by atoms with van der Waals surface area (Å²) >= 11 is 0. The number of nitrogens with zero attached hydrogens (tertiary/aromatic N) is 1. The molecule has 20 heavy (non-hydrogen) atoms. The van der Waals surface area contributed by atoms with E-state index in [4.69, 9.17) is 4.74 Å². The Balaban J connectivity index is 3.83. The minimum absolute atomic E-state index is 0.0547. The average Bonchev–Trinajstić information content (AvgIpc) is 2.33. The van der Waals surface area contributed by atoms with Gasteiger partial charge in [0.05, 0.1) is 13.1 Å². The minimum atomic E-state index is -0.0756. The van der Waals surface area contributed by atoms with E-state index >= 15 is 0 Å². The highest BCUT2D eigenvalue weighted by atomic mass is 16.5. The van der Waals surface area contributed by atoms with Gasteiger partial charge in [-0.1, -0.05) is 13.8 Å². The lowest BCUT2D eigenvalue weighted by atomic mass is 10.1. The molecule has 6 nitrogen and oxygen atoms in total. The smallest absolute Gasteiger partial charge is 0.234 e. The first kappa shape index (κ1) is 18.9. The van der Waals surface area contributed by atoms with Crippen LogP contribution in [-0.4, -0.2) is 63.2 Å². The molecule has 1 unspecified atom stereocenters. The Morgan fingerprint density at radius 2 is 1.75 bits per heavy atom. The number of rotatable bonds is 10. The summed E-state index contributed by atoms with van der Waals surface area (Å²) in [6, 6.07) is 0.138. The maximum absolute atomic E-state index is 11.7. The molecule has 0 rings (SSSR count). The molecule has 0 aromatic carbocycles. The van der Waals surface area contributed by atoms with Crippen LogP contribution in [0, 0.1) is 5.92 Å². The normalized spacial score (nSPS) is 12.6. The molecule has 2 amide bonds. The van der Waals surface area contributed by atoms with Crippen molar-refractivity contribution in [1.82, 2.24) is 15.5 Å². The van der Waals surface area contributed by atoms with Gasteiger partial charge in [0, 0.05) is 26.3 Å². The number of carbonyl (C=O) groups excluding carboxylic acids is 2. The van der Waals surface area contributed by atoms with Crippen LogP contribution in [0.4, 0.5) is 0 Å². The number of hydrogen-bond donors (Lipinski definition) is 2. The molecule has 2 N–H and O–H groups in total. The predicted octanol–water partition coefficient (Wildman–Crippen LogP) is 0.232. The van der Waals surface area contributed by atoms with Crippen LogP contribution in [-0.2, 0) is 14.3 Å². The fourth-order valence-corrected chi connectivity index (χ4v) is 1.51. The first-order chi connectivity index (χ1) is 9.36. The molecular formula is C14H29N3O3. The summed E-state index contributed by atoms with van der Waals surface area (Å²) in [7, 11) is 3.39. The molecule has 0 aliphatic rings. The summed E-state index contributed by atoms with van der Waals surface area (Å²) < 4.78 is 4.90. The highest BCUT2D eigenvalue weighted by molar-refractivity contribution is 5.81. The van der Waals surface area contributed by atoms with Crippen LogP contribution in [0.2, 0.25) is 0 Å². The van der Waals surface area contributed by atoms with Gasteiger partial charge in [0.25, 0.3) is 0 Å². The predicted molar refractivity (Wildman–Crippen MR) is 79.4 cm³/mol. The van der Waals surface area contributed by atoms with E-state index in [1.165, 1.54) is 0 Å². The second-order valence-corrected chi connectivity index (χ2v) is 5.47. The quantitative estimate of drug-likeness (QED) is 0.564. The van der Waals surface area contributed by atoms with Gasteiger partial charge in [0.15, 0.2) is 0 Å². The van der Waals surface area contributed by atoms with E-state index < -0.39 is 0 Å². The van der Waals surface area contributed by atoms with Gasteiger partial charge in [-0.3, -0.25) is 14.5 Å². The lowest BCUT2D eigenvalue weighted by Crippen LogP contribution is -2.44. The first-order valence-electron chi connectivity index (χ1n) is 7.10. The second kappa shape index (κ2) is 10.6. The third-order valence-electron chi connectivity index (χ3n) is 3.06. The maximum Gasteiger partial charge on any atom is 0.234 e. The van der Waals surface area contributed by atoms with E-state index in [1.54, 1.807) is 19.1 Å². The molecule has 0 spiro atoms. The summed E-state index contributed by atoms with van der Waals surface area (Å²) in [6.07, 6.45) is 0.790. The van der Waals surface area contributed by atoms with Gasteiger partial charge in [-0.15, -0.1) is 0 Å². The van der Waals surface area contributed by atoms with Crippen molar-refractivity contribution in [3.05, 3.63) is 0 Å². The van der Waals surface area contributed by atoms with E-state index in [0.29, 0.717) is 19.1 Å². The molecule has 0 aliphatic carbocycles. The molecule has 118 valence electrons. The Hall–Kier alpha value is -1.14. The second-order valence-electron chi connectivity index (χ2n) is 5.47. The van der Waals surface area contributed by atoms with E-state index in [9.17, 15) is 9.59 Å². The SMILES string of the molecule is COCCCNC(=O)CN(C)CC(=O)NC(C)C(C)C. The standard InChI is InChI=1S/C14H29N3O3/c1-11(2)12(3)16-14(19)10-17(4)9-13(18)15-7-6-8-20-5/h11-12H,6-10H2,1-5H3,(H,15,18)(H,16,19). The number of ether oxygens (including phenoxy) is 1. The van der Waals surface area contributed by atoms with Gasteiger partial charge < -0.3 is 15.4 Å². The molecule has 0 heterocycles. The Labute approximate surface area is 122 Å². The molecule has 1 atom stereocenters. The van der Waals surface area contributed by atoms with Gasteiger partial charge in [-0.05, 0) is 26.3 Å². The van der Waals surface area contributed by atoms with Gasteiger partial charge in [0.2, 0.25) is 11.8 Å². The van der Waals surface area contributed by atoms with Crippen molar-refractivity contribution in [1.29, 1.82) is 0 Å². The summed E-state index contributed by atoms with van der Waals surface area (Å²) in [4.78, 5) is 25.1. The molecule has 0 fully saturated rings. The van der Waals surface area contributed by atoms with Crippen molar-refractivity contribution in [2.24, 2.45) is 5.92 Å². The largest absolute Gasteiger partial charge is 0.385 e. The zero-order valence-corrected chi connectivity index (χ0v) is 13.4. The van der Waals surface area contributed by atoms with Crippen LogP contribution < -0.4 is 10.6 Å². The highest BCUT2D eigenvalue weighted by Gasteiger charge is 2.14. The maximum atomic E-state index is 11.7. The van der Waals surface area contributed by atoms with Crippen LogP contribution in [0.15, 0.2) is 0 Å². The fourth-order valence-electron chi connectivity index (χ4n) is 1.51. The van der Waals surface area contributed by atoms with Crippen LogP contribution in [0.25, 0.3) is 0 Å². The number of nitrogens with one attached hydrogen (secondary N) is 2. The zero-order valence-electron chi connectivity index (χ0n) is 13.4. The molecule has 0 radical (unpaired) electrons. The van der Waals surface area contributed by atoms with Gasteiger partial charge in [0.1, 0.15) is 0 Å². The number of amides is 2. The minimum Gasteiger partial charge on any atom is -0.385 e. The average molecular weight is 287 g/mol. The Morgan fingerprint density at radius 3 is 2.30 bits per heavy atom. The van der Waals surface area contributed by atoms with Crippen molar-refractivity contribution >= 4 is 11.8 Å². The third kappa shape index (κ3) is 9.75. The Bertz CT molecular complexity index is 295. The van der Waals surface area contributed by atoms with Gasteiger partial charge in [-0.25, -0.2) is 0 Å². The molecule has 0 bridgehead atoms. The monoisotopic (exact) mass is 287 g/mol. The van der Waals surface area contributed by atoms with Crippen molar-refractivity contribution in [2.45, 2.75) is 33.2 Å². The topological polar surface area (TPSA) is 70.7 Å². The molecule has 0 saturated heterocycles. The summed E-state index contributed by atoms with van der Waals surface area (Å²) in [5.74, 6) is 0.266. The van der Waals surface area contributed by atoms with Crippen molar-refractivity contribution < 1.29 is 14.3 Å². The Morgan fingerprint density at radius 1 is 1.15 bits per heavy atom. The Kier molecular flexibility index (Phi) is 10.0. The number of carbonyl (C=O) groups is 2.